The Bertz CT molecular complexity index is 506. The first kappa shape index (κ1) is 14.0. The second-order valence-electron chi connectivity index (χ2n) is 7.59. The van der Waals surface area contributed by atoms with Crippen LogP contribution in [-0.4, -0.2) is 24.1 Å². The number of aromatic nitrogens is 1. The third-order valence-electron chi connectivity index (χ3n) is 5.17. The van der Waals surface area contributed by atoms with E-state index >= 15 is 0 Å². The highest BCUT2D eigenvalue weighted by Gasteiger charge is 2.40. The van der Waals surface area contributed by atoms with Crippen LogP contribution in [0.2, 0.25) is 0 Å². The first-order chi connectivity index (χ1) is 10.2. The lowest BCUT2D eigenvalue weighted by molar-refractivity contribution is 0.552. The highest BCUT2D eigenvalue weighted by Crippen LogP contribution is 2.47. The van der Waals surface area contributed by atoms with Crippen molar-refractivity contribution >= 4 is 16.5 Å². The van der Waals surface area contributed by atoms with Crippen molar-refractivity contribution in [3.05, 3.63) is 10.6 Å². The molecule has 1 N–H and O–H groups in total. The van der Waals surface area contributed by atoms with Crippen LogP contribution >= 0.6 is 11.3 Å². The predicted octanol–water partition coefficient (Wildman–Crippen LogP) is 3.75. The molecule has 2 unspecified atom stereocenters. The summed E-state index contributed by atoms with van der Waals surface area (Å²) in [7, 11) is 0. The molecule has 2 heterocycles. The fraction of sp³-hybridized carbons (Fsp3) is 0.824. The number of rotatable bonds is 6. The maximum absolute atomic E-state index is 5.08. The van der Waals surface area contributed by atoms with Gasteiger partial charge in [0.25, 0.3) is 0 Å². The number of hydrogen-bond acceptors (Lipinski definition) is 4. The number of nitrogens with zero attached hydrogens (tertiary/aromatic N) is 2. The fourth-order valence-electron chi connectivity index (χ4n) is 3.91. The van der Waals surface area contributed by atoms with E-state index in [1.54, 1.807) is 0 Å². The summed E-state index contributed by atoms with van der Waals surface area (Å²) >= 11 is 1.97. The van der Waals surface area contributed by atoms with Gasteiger partial charge in [-0.1, -0.05) is 13.8 Å². The number of hydrogen-bond donors (Lipinski definition) is 1. The molecule has 2 atom stereocenters. The molecule has 2 saturated carbocycles. The van der Waals surface area contributed by atoms with Crippen LogP contribution in [-0.2, 0) is 6.54 Å². The molecule has 0 amide bonds. The van der Waals surface area contributed by atoms with Gasteiger partial charge in [-0.25, -0.2) is 4.98 Å². The minimum absolute atomic E-state index is 0.719. The molecule has 21 heavy (non-hydrogen) atoms. The zero-order valence-corrected chi connectivity index (χ0v) is 14.1. The maximum Gasteiger partial charge on any atom is 0.186 e. The van der Waals surface area contributed by atoms with E-state index in [0.29, 0.717) is 0 Å². The van der Waals surface area contributed by atoms with Crippen LogP contribution in [0.4, 0.5) is 5.13 Å². The van der Waals surface area contributed by atoms with E-state index in [4.69, 9.17) is 4.98 Å². The lowest BCUT2D eigenvalue weighted by atomic mass is 10.1. The first-order valence-corrected chi connectivity index (χ1v) is 9.49. The van der Waals surface area contributed by atoms with Crippen LogP contribution in [0.1, 0.15) is 62.4 Å². The Balaban J connectivity index is 1.50. The number of thiazole rings is 1. The van der Waals surface area contributed by atoms with E-state index in [2.05, 4.69) is 24.1 Å². The van der Waals surface area contributed by atoms with E-state index in [-0.39, 0.29) is 0 Å². The van der Waals surface area contributed by atoms with Crippen molar-refractivity contribution < 1.29 is 0 Å². The summed E-state index contributed by atoms with van der Waals surface area (Å²) < 4.78 is 0. The van der Waals surface area contributed by atoms with Crippen LogP contribution in [0.25, 0.3) is 0 Å². The fourth-order valence-corrected chi connectivity index (χ4v) is 5.11. The van der Waals surface area contributed by atoms with Gasteiger partial charge in [0, 0.05) is 29.9 Å². The molecule has 0 radical (unpaired) electrons. The lowest BCUT2D eigenvalue weighted by Crippen LogP contribution is -2.31. The minimum Gasteiger partial charge on any atom is -0.345 e. The largest absolute Gasteiger partial charge is 0.345 e. The Morgan fingerprint density at radius 1 is 1.29 bits per heavy atom. The highest BCUT2D eigenvalue weighted by atomic mass is 32.1. The van der Waals surface area contributed by atoms with Crippen molar-refractivity contribution in [1.82, 2.24) is 10.3 Å². The number of piperidine rings is 1. The zero-order valence-electron chi connectivity index (χ0n) is 13.3. The molecule has 116 valence electrons. The van der Waals surface area contributed by atoms with Gasteiger partial charge in [-0.15, -0.1) is 11.3 Å². The predicted molar refractivity (Wildman–Crippen MR) is 89.1 cm³/mol. The van der Waals surface area contributed by atoms with Crippen molar-refractivity contribution in [2.75, 3.05) is 18.0 Å². The van der Waals surface area contributed by atoms with Gasteiger partial charge >= 0.3 is 0 Å². The quantitative estimate of drug-likeness (QED) is 0.867. The molecule has 1 saturated heterocycles. The van der Waals surface area contributed by atoms with Gasteiger partial charge in [-0.2, -0.15) is 0 Å². The summed E-state index contributed by atoms with van der Waals surface area (Å²) in [6.07, 6.45) is 6.97. The summed E-state index contributed by atoms with van der Waals surface area (Å²) in [5, 5.41) is 4.94. The van der Waals surface area contributed by atoms with Crippen molar-refractivity contribution in [1.29, 1.82) is 0 Å². The SMILES string of the molecule is CC(C)CNCc1sc(N2CC3CCC2C3)nc1C1CC1. The molecule has 2 bridgehead atoms. The van der Waals surface area contributed by atoms with Crippen molar-refractivity contribution in [2.45, 2.75) is 64.5 Å². The van der Waals surface area contributed by atoms with Crippen molar-refractivity contribution in [3.8, 4) is 0 Å². The molecule has 1 aromatic heterocycles. The van der Waals surface area contributed by atoms with Gasteiger partial charge in [0.15, 0.2) is 5.13 Å². The molecule has 3 fully saturated rings. The van der Waals surface area contributed by atoms with Gasteiger partial charge in [-0.05, 0) is 50.5 Å². The minimum atomic E-state index is 0.719. The molecule has 3 aliphatic rings. The Hall–Kier alpha value is -0.610. The van der Waals surface area contributed by atoms with E-state index in [9.17, 15) is 0 Å². The molecular formula is C17H27N3S. The second-order valence-corrected chi connectivity index (χ2v) is 8.65. The van der Waals surface area contributed by atoms with Crippen LogP contribution in [0, 0.1) is 11.8 Å². The molecule has 1 aliphatic heterocycles. The third-order valence-corrected chi connectivity index (χ3v) is 6.28. The van der Waals surface area contributed by atoms with Crippen LogP contribution in [0.3, 0.4) is 0 Å². The monoisotopic (exact) mass is 305 g/mol. The first-order valence-electron chi connectivity index (χ1n) is 8.67. The van der Waals surface area contributed by atoms with Crippen LogP contribution < -0.4 is 10.2 Å². The van der Waals surface area contributed by atoms with Crippen LogP contribution in [0.15, 0.2) is 0 Å². The zero-order chi connectivity index (χ0) is 14.4. The van der Waals surface area contributed by atoms with Gasteiger partial charge in [0.05, 0.1) is 5.69 Å². The summed E-state index contributed by atoms with van der Waals surface area (Å²) in [6, 6.07) is 0.796. The van der Waals surface area contributed by atoms with E-state index < -0.39 is 0 Å². The molecule has 1 aromatic rings. The normalized spacial score (nSPS) is 28.0. The molecule has 4 heteroatoms. The summed E-state index contributed by atoms with van der Waals surface area (Å²) in [4.78, 5) is 9.21. The van der Waals surface area contributed by atoms with Crippen molar-refractivity contribution in [2.24, 2.45) is 11.8 Å². The smallest absolute Gasteiger partial charge is 0.186 e. The highest BCUT2D eigenvalue weighted by molar-refractivity contribution is 7.15. The molecule has 2 aliphatic carbocycles. The third kappa shape index (κ3) is 2.85. The number of fused-ring (bicyclic) bond motifs is 2. The molecule has 3 nitrogen and oxygen atoms in total. The number of anilines is 1. The average molecular weight is 305 g/mol. The van der Waals surface area contributed by atoms with E-state index in [1.165, 1.54) is 54.4 Å². The summed E-state index contributed by atoms with van der Waals surface area (Å²) in [5.41, 5.74) is 1.43. The average Bonchev–Trinajstić information content (AvgIpc) is 2.90. The van der Waals surface area contributed by atoms with Gasteiger partial charge in [0.1, 0.15) is 0 Å². The Labute approximate surface area is 132 Å². The molecule has 0 aromatic carbocycles. The Morgan fingerprint density at radius 2 is 2.14 bits per heavy atom. The molecular weight excluding hydrogens is 278 g/mol. The standard InChI is InChI=1S/C17H27N3S/c1-11(2)8-18-9-15-16(13-4-5-13)19-17(21-15)20-10-12-3-6-14(20)7-12/h11-14,18H,3-10H2,1-2H3. The lowest BCUT2D eigenvalue weighted by Gasteiger charge is -2.26. The van der Waals surface area contributed by atoms with Gasteiger partial charge < -0.3 is 10.2 Å². The van der Waals surface area contributed by atoms with Crippen molar-refractivity contribution in [3.63, 3.8) is 0 Å². The van der Waals surface area contributed by atoms with E-state index in [1.807, 2.05) is 11.3 Å². The van der Waals surface area contributed by atoms with Crippen LogP contribution in [0.5, 0.6) is 0 Å². The van der Waals surface area contributed by atoms with Gasteiger partial charge in [0.2, 0.25) is 0 Å². The number of nitrogens with one attached hydrogen (secondary N) is 1. The summed E-state index contributed by atoms with van der Waals surface area (Å²) in [5.74, 6) is 2.44. The maximum atomic E-state index is 5.08. The molecule has 4 rings (SSSR count). The Morgan fingerprint density at radius 3 is 2.76 bits per heavy atom. The van der Waals surface area contributed by atoms with Gasteiger partial charge in [-0.3, -0.25) is 0 Å². The second kappa shape index (κ2) is 5.54. The Kier molecular flexibility index (Phi) is 3.70. The summed E-state index contributed by atoms with van der Waals surface area (Å²) in [6.45, 7) is 7.93. The van der Waals surface area contributed by atoms with E-state index in [0.717, 1.165) is 36.9 Å². The molecule has 0 spiro atoms. The topological polar surface area (TPSA) is 28.2 Å².